The first-order valence-electron chi connectivity index (χ1n) is 7.10. The molecule has 0 saturated heterocycles. The van der Waals surface area contributed by atoms with E-state index in [1.54, 1.807) is 0 Å². The molecule has 0 saturated carbocycles. The van der Waals surface area contributed by atoms with Gasteiger partial charge < -0.3 is 9.73 Å². The van der Waals surface area contributed by atoms with Crippen molar-refractivity contribution < 1.29 is 4.42 Å². The fourth-order valence-electron chi connectivity index (χ4n) is 2.57. The van der Waals surface area contributed by atoms with Crippen molar-refractivity contribution >= 4 is 15.9 Å². The van der Waals surface area contributed by atoms with Crippen molar-refractivity contribution in [1.82, 2.24) is 5.32 Å². The van der Waals surface area contributed by atoms with Crippen molar-refractivity contribution in [2.24, 2.45) is 0 Å². The van der Waals surface area contributed by atoms with Gasteiger partial charge in [0.25, 0.3) is 0 Å². The smallest absolute Gasteiger partial charge is 0.135 e. The van der Waals surface area contributed by atoms with E-state index in [9.17, 15) is 0 Å². The summed E-state index contributed by atoms with van der Waals surface area (Å²) >= 11 is 3.65. The van der Waals surface area contributed by atoms with E-state index in [2.05, 4.69) is 73.2 Å². The van der Waals surface area contributed by atoms with Gasteiger partial charge in [0.2, 0.25) is 0 Å². The first-order valence-corrected chi connectivity index (χ1v) is 7.89. The van der Waals surface area contributed by atoms with Gasteiger partial charge >= 0.3 is 0 Å². The molecule has 1 aromatic heterocycles. The van der Waals surface area contributed by atoms with Gasteiger partial charge in [-0.2, -0.15) is 0 Å². The Hall–Kier alpha value is -1.06. The number of benzene rings is 1. The van der Waals surface area contributed by atoms with Gasteiger partial charge in [0.1, 0.15) is 11.5 Å². The van der Waals surface area contributed by atoms with E-state index in [1.165, 1.54) is 11.1 Å². The molecule has 0 amide bonds. The number of halogens is 1. The van der Waals surface area contributed by atoms with Gasteiger partial charge in [0.05, 0.1) is 0 Å². The lowest BCUT2D eigenvalue weighted by molar-refractivity contribution is 0.470. The molecule has 2 aromatic rings. The Bertz CT molecular complexity index is 565. The van der Waals surface area contributed by atoms with E-state index in [0.29, 0.717) is 6.04 Å². The minimum Gasteiger partial charge on any atom is -0.461 e. The zero-order valence-electron chi connectivity index (χ0n) is 12.6. The minimum absolute atomic E-state index is 0.432. The van der Waals surface area contributed by atoms with Crippen LogP contribution < -0.4 is 5.32 Å². The summed E-state index contributed by atoms with van der Waals surface area (Å²) in [6.07, 6.45) is 0.913. The number of furan rings is 1. The number of nitrogens with one attached hydrogen (secondary N) is 1. The van der Waals surface area contributed by atoms with Gasteiger partial charge in [0, 0.05) is 22.5 Å². The van der Waals surface area contributed by atoms with Crippen LogP contribution in [0.4, 0.5) is 0 Å². The molecule has 2 nitrogen and oxygen atoms in total. The lowest BCUT2D eigenvalue weighted by Crippen LogP contribution is -2.27. The SMILES string of the molecule is CCNC(C)Cc1ccc(-c2c(C)cc(C)cc2Br)o1. The molecule has 20 heavy (non-hydrogen) atoms. The third kappa shape index (κ3) is 3.53. The minimum atomic E-state index is 0.432. The molecule has 0 spiro atoms. The van der Waals surface area contributed by atoms with Crippen LogP contribution in [0.25, 0.3) is 11.3 Å². The van der Waals surface area contributed by atoms with Gasteiger partial charge in [-0.05, 0) is 56.6 Å². The van der Waals surface area contributed by atoms with Crippen LogP contribution in [0.2, 0.25) is 0 Å². The molecular weight excluding hydrogens is 314 g/mol. The van der Waals surface area contributed by atoms with E-state index in [0.717, 1.165) is 34.5 Å². The first-order chi connectivity index (χ1) is 9.51. The topological polar surface area (TPSA) is 25.2 Å². The summed E-state index contributed by atoms with van der Waals surface area (Å²) in [7, 11) is 0. The first kappa shape index (κ1) is 15.3. The number of likely N-dealkylation sites (N-methyl/N-ethyl adjacent to an activating group) is 1. The predicted octanol–water partition coefficient (Wildman–Crippen LogP) is 4.87. The zero-order chi connectivity index (χ0) is 14.7. The van der Waals surface area contributed by atoms with Crippen molar-refractivity contribution in [2.45, 2.75) is 40.2 Å². The van der Waals surface area contributed by atoms with Crippen LogP contribution in [0.15, 0.2) is 33.2 Å². The third-order valence-corrected chi connectivity index (χ3v) is 4.03. The maximum Gasteiger partial charge on any atom is 0.135 e. The van der Waals surface area contributed by atoms with E-state index in [4.69, 9.17) is 4.42 Å². The van der Waals surface area contributed by atoms with Crippen molar-refractivity contribution in [2.75, 3.05) is 6.54 Å². The largest absolute Gasteiger partial charge is 0.461 e. The molecular formula is C17H22BrNO. The monoisotopic (exact) mass is 335 g/mol. The second kappa shape index (κ2) is 6.59. The van der Waals surface area contributed by atoms with Gasteiger partial charge in [-0.25, -0.2) is 0 Å². The highest BCUT2D eigenvalue weighted by Crippen LogP contribution is 2.33. The van der Waals surface area contributed by atoms with Gasteiger partial charge in [-0.1, -0.05) is 28.9 Å². The maximum absolute atomic E-state index is 6.02. The van der Waals surface area contributed by atoms with E-state index in [-0.39, 0.29) is 0 Å². The lowest BCUT2D eigenvalue weighted by Gasteiger charge is -2.10. The summed E-state index contributed by atoms with van der Waals surface area (Å²) in [5, 5.41) is 3.40. The highest BCUT2D eigenvalue weighted by Gasteiger charge is 2.13. The quantitative estimate of drug-likeness (QED) is 0.843. The summed E-state index contributed by atoms with van der Waals surface area (Å²) in [6, 6.07) is 8.89. The van der Waals surface area contributed by atoms with Crippen LogP contribution in [0.1, 0.15) is 30.7 Å². The van der Waals surface area contributed by atoms with E-state index in [1.807, 2.05) is 0 Å². The van der Waals surface area contributed by atoms with Crippen LogP contribution >= 0.6 is 15.9 Å². The average Bonchev–Trinajstić information content (AvgIpc) is 2.76. The Morgan fingerprint density at radius 2 is 2.00 bits per heavy atom. The lowest BCUT2D eigenvalue weighted by atomic mass is 10.0. The summed E-state index contributed by atoms with van der Waals surface area (Å²) in [5.41, 5.74) is 3.64. The summed E-state index contributed by atoms with van der Waals surface area (Å²) < 4.78 is 7.11. The molecule has 0 fully saturated rings. The Morgan fingerprint density at radius 3 is 2.65 bits per heavy atom. The summed E-state index contributed by atoms with van der Waals surface area (Å²) in [5.74, 6) is 1.97. The second-order valence-corrected chi connectivity index (χ2v) is 6.22. The highest BCUT2D eigenvalue weighted by atomic mass is 79.9. The van der Waals surface area contributed by atoms with Crippen molar-refractivity contribution in [3.63, 3.8) is 0 Å². The molecule has 1 unspecified atom stereocenters. The van der Waals surface area contributed by atoms with Crippen molar-refractivity contribution in [3.8, 4) is 11.3 Å². The van der Waals surface area contributed by atoms with Crippen molar-refractivity contribution in [3.05, 3.63) is 45.6 Å². The molecule has 0 aliphatic heterocycles. The molecule has 108 valence electrons. The predicted molar refractivity (Wildman–Crippen MR) is 88.2 cm³/mol. The maximum atomic E-state index is 6.02. The van der Waals surface area contributed by atoms with Crippen LogP contribution in [0.3, 0.4) is 0 Å². The van der Waals surface area contributed by atoms with Gasteiger partial charge in [0.15, 0.2) is 0 Å². The third-order valence-electron chi connectivity index (χ3n) is 3.40. The molecule has 1 atom stereocenters. The molecule has 0 aliphatic carbocycles. The molecule has 0 aliphatic rings. The molecule has 1 heterocycles. The fraction of sp³-hybridized carbons (Fsp3) is 0.412. The van der Waals surface area contributed by atoms with Crippen LogP contribution in [-0.4, -0.2) is 12.6 Å². The van der Waals surface area contributed by atoms with Crippen LogP contribution in [0.5, 0.6) is 0 Å². The average molecular weight is 336 g/mol. The molecule has 2 rings (SSSR count). The Balaban J connectivity index is 2.25. The normalized spacial score (nSPS) is 12.7. The van der Waals surface area contributed by atoms with Gasteiger partial charge in [-0.3, -0.25) is 0 Å². The molecule has 3 heteroatoms. The fourth-order valence-corrected chi connectivity index (χ4v) is 3.44. The summed E-state index contributed by atoms with van der Waals surface area (Å²) in [4.78, 5) is 0. The summed E-state index contributed by atoms with van der Waals surface area (Å²) in [6.45, 7) is 9.51. The Kier molecular flexibility index (Phi) is 5.06. The van der Waals surface area contributed by atoms with Gasteiger partial charge in [-0.15, -0.1) is 0 Å². The molecule has 0 radical (unpaired) electrons. The number of rotatable bonds is 5. The molecule has 1 N–H and O–H groups in total. The van der Waals surface area contributed by atoms with Crippen molar-refractivity contribution in [1.29, 1.82) is 0 Å². The standard InChI is InChI=1S/C17H22BrNO/c1-5-19-13(4)10-14-6-7-16(20-14)17-12(3)8-11(2)9-15(17)18/h6-9,13,19H,5,10H2,1-4H3. The number of aryl methyl sites for hydroxylation is 2. The van der Waals surface area contributed by atoms with E-state index < -0.39 is 0 Å². The van der Waals surface area contributed by atoms with Crippen LogP contribution in [-0.2, 0) is 6.42 Å². The molecule has 1 aromatic carbocycles. The molecule has 0 bridgehead atoms. The number of hydrogen-bond donors (Lipinski definition) is 1. The Labute approximate surface area is 129 Å². The van der Waals surface area contributed by atoms with Crippen LogP contribution in [0, 0.1) is 13.8 Å². The van der Waals surface area contributed by atoms with E-state index >= 15 is 0 Å². The Morgan fingerprint density at radius 1 is 1.25 bits per heavy atom. The zero-order valence-corrected chi connectivity index (χ0v) is 14.2. The second-order valence-electron chi connectivity index (χ2n) is 5.37. The number of hydrogen-bond acceptors (Lipinski definition) is 2. The highest BCUT2D eigenvalue weighted by molar-refractivity contribution is 9.10.